The maximum atomic E-state index is 12.3. The van der Waals surface area contributed by atoms with Gasteiger partial charge in [0.05, 0.1) is 35.3 Å². The molecule has 222 valence electrons. The van der Waals surface area contributed by atoms with Crippen molar-refractivity contribution in [2.24, 2.45) is 23.7 Å². The van der Waals surface area contributed by atoms with E-state index in [2.05, 4.69) is 41.8 Å². The van der Waals surface area contributed by atoms with Crippen molar-refractivity contribution < 1.29 is 19.4 Å². The quantitative estimate of drug-likeness (QED) is 0.184. The predicted molar refractivity (Wildman–Crippen MR) is 168 cm³/mol. The first-order chi connectivity index (χ1) is 21.0. The molecule has 0 aliphatic heterocycles. The van der Waals surface area contributed by atoms with Gasteiger partial charge in [0.15, 0.2) is 0 Å². The van der Waals surface area contributed by atoms with Crippen LogP contribution in [0.4, 0.5) is 0 Å². The highest BCUT2D eigenvalue weighted by molar-refractivity contribution is 7.00. The molecule has 2 aliphatic rings. The van der Waals surface area contributed by atoms with E-state index in [9.17, 15) is 9.59 Å². The highest BCUT2D eigenvalue weighted by Gasteiger charge is 2.31. The molecule has 0 radical (unpaired) electrons. The molecule has 2 heterocycles. The average Bonchev–Trinajstić information content (AvgIpc) is 3.84. The minimum absolute atomic E-state index is 0.0402. The molecule has 8 nitrogen and oxygen atoms in total. The number of aromatic nitrogens is 4. The maximum absolute atomic E-state index is 12.3. The lowest BCUT2D eigenvalue weighted by Crippen LogP contribution is -2.15. The van der Waals surface area contributed by atoms with Gasteiger partial charge in [0.1, 0.15) is 28.7 Å². The Bertz CT molecular complexity index is 1690. The van der Waals surface area contributed by atoms with Crippen LogP contribution in [0.3, 0.4) is 0 Å². The Labute approximate surface area is 258 Å². The molecule has 0 bridgehead atoms. The lowest BCUT2D eigenvalue weighted by atomic mass is 9.96. The molecule has 0 amide bonds. The zero-order valence-electron chi connectivity index (χ0n) is 23.8. The first kappa shape index (κ1) is 29.3. The first-order valence-corrected chi connectivity index (χ1v) is 16.3. The Hall–Kier alpha value is -3.76. The van der Waals surface area contributed by atoms with E-state index < -0.39 is 5.97 Å². The van der Waals surface area contributed by atoms with Crippen molar-refractivity contribution in [1.82, 2.24) is 17.5 Å². The van der Waals surface area contributed by atoms with Crippen LogP contribution in [-0.4, -0.2) is 34.5 Å². The Balaban J connectivity index is 0.000000162. The number of aliphatic carboxylic acids is 1. The van der Waals surface area contributed by atoms with Gasteiger partial charge in [-0.05, 0) is 104 Å². The number of benzene rings is 3. The molecule has 0 spiro atoms. The molecule has 2 aliphatic carbocycles. The van der Waals surface area contributed by atoms with E-state index in [1.54, 1.807) is 0 Å². The molecule has 7 rings (SSSR count). The second-order valence-corrected chi connectivity index (χ2v) is 12.8. The van der Waals surface area contributed by atoms with Gasteiger partial charge in [-0.2, -0.15) is 17.5 Å². The fraction of sp³-hybridized carbons (Fsp3) is 0.394. The van der Waals surface area contributed by atoms with Crippen LogP contribution in [0.5, 0.6) is 0 Å². The molecule has 4 atom stereocenters. The van der Waals surface area contributed by atoms with Crippen molar-refractivity contribution in [3.63, 3.8) is 0 Å². The van der Waals surface area contributed by atoms with Crippen molar-refractivity contribution in [2.75, 3.05) is 0 Å². The highest BCUT2D eigenvalue weighted by Crippen LogP contribution is 2.35. The topological polar surface area (TPSA) is 115 Å². The van der Waals surface area contributed by atoms with E-state index in [1.807, 2.05) is 42.5 Å². The van der Waals surface area contributed by atoms with Gasteiger partial charge in [0.25, 0.3) is 0 Å². The largest absolute Gasteiger partial charge is 0.481 e. The number of carboxylic acid groups (broad SMARTS) is 1. The summed E-state index contributed by atoms with van der Waals surface area (Å²) in [7, 11) is 0. The van der Waals surface area contributed by atoms with Crippen LogP contribution in [0, 0.1) is 23.7 Å². The van der Waals surface area contributed by atoms with Gasteiger partial charge in [-0.1, -0.05) is 42.5 Å². The summed E-state index contributed by atoms with van der Waals surface area (Å²) in [5.41, 5.74) is 7.39. The van der Waals surface area contributed by atoms with Crippen LogP contribution in [-0.2, 0) is 33.8 Å². The molecule has 0 unspecified atom stereocenters. The highest BCUT2D eigenvalue weighted by atomic mass is 32.1. The molecular formula is C33H34N4O4S2. The number of ether oxygens (including phenoxy) is 1. The number of hydrogen-bond acceptors (Lipinski definition) is 9. The fourth-order valence-electron chi connectivity index (χ4n) is 6.38. The van der Waals surface area contributed by atoms with Crippen molar-refractivity contribution in [1.29, 1.82) is 0 Å². The SMILES string of the molecule is O=C(O)[C@@H]1CC[C@@H](Cc2ccc3nsnc3c2)C1.O=C(OCc1ccccc1)[C@@H]1CC[C@@H](Cc2ccc3nsnc3c2)C1. The molecule has 2 fully saturated rings. The van der Waals surface area contributed by atoms with Gasteiger partial charge in [0.2, 0.25) is 0 Å². The van der Waals surface area contributed by atoms with Gasteiger partial charge in [-0.15, -0.1) is 0 Å². The number of hydrogen-bond donors (Lipinski definition) is 1. The summed E-state index contributed by atoms with van der Waals surface area (Å²) in [5, 5.41) is 8.99. The van der Waals surface area contributed by atoms with E-state index >= 15 is 0 Å². The van der Waals surface area contributed by atoms with Gasteiger partial charge in [-0.3, -0.25) is 9.59 Å². The minimum Gasteiger partial charge on any atom is -0.481 e. The maximum Gasteiger partial charge on any atom is 0.309 e. The molecular weight excluding hydrogens is 581 g/mol. The summed E-state index contributed by atoms with van der Waals surface area (Å²) >= 11 is 2.48. The Kier molecular flexibility index (Phi) is 9.33. The third-order valence-electron chi connectivity index (χ3n) is 8.67. The van der Waals surface area contributed by atoms with Crippen molar-refractivity contribution in [2.45, 2.75) is 58.0 Å². The third-order valence-corrected chi connectivity index (χ3v) is 9.79. The third kappa shape index (κ3) is 7.61. The first-order valence-electron chi connectivity index (χ1n) is 14.9. The van der Waals surface area contributed by atoms with Crippen LogP contribution < -0.4 is 0 Å². The molecule has 43 heavy (non-hydrogen) atoms. The van der Waals surface area contributed by atoms with Gasteiger partial charge >= 0.3 is 11.9 Å². The standard InChI is InChI=1S/C20H20N2O2S.C13H14N2O2S/c23-20(24-13-14-4-2-1-3-5-14)17-8-6-15(11-17)10-16-7-9-18-19(12-16)22-25-21-18;16-13(17)10-3-1-8(6-10)5-9-2-4-11-12(7-9)15-18-14-11/h1-5,7,9,12,15,17H,6,8,10-11,13H2;2,4,7-8,10H,1,3,5-6H2,(H,16,17)/t15-,17+;8-,10+/m00/s1. The predicted octanol–water partition coefficient (Wildman–Crippen LogP) is 7.13. The number of carboxylic acids is 1. The molecule has 2 saturated carbocycles. The van der Waals surface area contributed by atoms with Gasteiger partial charge in [-0.25, -0.2) is 0 Å². The van der Waals surface area contributed by atoms with Crippen LogP contribution in [0.25, 0.3) is 22.1 Å². The van der Waals surface area contributed by atoms with E-state index in [0.29, 0.717) is 18.4 Å². The molecule has 5 aromatic rings. The van der Waals surface area contributed by atoms with E-state index in [4.69, 9.17) is 9.84 Å². The zero-order valence-corrected chi connectivity index (χ0v) is 25.4. The Morgan fingerprint density at radius 2 is 1.21 bits per heavy atom. The summed E-state index contributed by atoms with van der Waals surface area (Å²) < 4.78 is 22.5. The second-order valence-electron chi connectivity index (χ2n) is 11.8. The van der Waals surface area contributed by atoms with E-state index in [0.717, 1.165) is 79.0 Å². The monoisotopic (exact) mass is 614 g/mol. The Morgan fingerprint density at radius 1 is 0.674 bits per heavy atom. The van der Waals surface area contributed by atoms with E-state index in [1.165, 1.54) is 34.6 Å². The minimum atomic E-state index is -0.642. The lowest BCUT2D eigenvalue weighted by molar-refractivity contribution is -0.149. The number of carbonyl (C=O) groups excluding carboxylic acids is 1. The van der Waals surface area contributed by atoms with Crippen molar-refractivity contribution in [3.05, 3.63) is 83.4 Å². The Morgan fingerprint density at radius 3 is 1.77 bits per heavy atom. The number of nitrogens with zero attached hydrogens (tertiary/aromatic N) is 4. The molecule has 10 heteroatoms. The number of esters is 1. The smallest absolute Gasteiger partial charge is 0.309 e. The molecule has 0 saturated heterocycles. The fourth-order valence-corrected chi connectivity index (χ4v) is 7.42. The number of carbonyl (C=O) groups is 2. The summed E-state index contributed by atoms with van der Waals surface area (Å²) in [6.45, 7) is 0.369. The van der Waals surface area contributed by atoms with Crippen molar-refractivity contribution >= 4 is 57.5 Å². The van der Waals surface area contributed by atoms with Gasteiger partial charge in [0, 0.05) is 0 Å². The zero-order chi connectivity index (χ0) is 29.6. The van der Waals surface area contributed by atoms with Crippen LogP contribution in [0.15, 0.2) is 66.7 Å². The molecule has 1 N–H and O–H groups in total. The van der Waals surface area contributed by atoms with E-state index in [-0.39, 0.29) is 17.8 Å². The van der Waals surface area contributed by atoms with Crippen LogP contribution in [0.2, 0.25) is 0 Å². The van der Waals surface area contributed by atoms with Crippen LogP contribution >= 0.6 is 23.5 Å². The number of rotatable bonds is 8. The summed E-state index contributed by atoms with van der Waals surface area (Å²) in [6.07, 6.45) is 7.53. The van der Waals surface area contributed by atoms with Crippen LogP contribution in [0.1, 0.15) is 55.2 Å². The lowest BCUT2D eigenvalue weighted by Gasteiger charge is -2.12. The molecule has 3 aromatic carbocycles. The summed E-state index contributed by atoms with van der Waals surface area (Å²) in [6, 6.07) is 22.3. The number of fused-ring (bicyclic) bond motifs is 2. The van der Waals surface area contributed by atoms with Gasteiger partial charge < -0.3 is 9.84 Å². The second kappa shape index (κ2) is 13.7. The average molecular weight is 615 g/mol. The van der Waals surface area contributed by atoms with Crippen molar-refractivity contribution in [3.8, 4) is 0 Å². The summed E-state index contributed by atoms with van der Waals surface area (Å²) in [5.74, 6) is 0.244. The summed E-state index contributed by atoms with van der Waals surface area (Å²) in [4.78, 5) is 23.2. The molecule has 2 aromatic heterocycles. The normalized spacial score (nSPS) is 21.5.